The van der Waals surface area contributed by atoms with Crippen molar-refractivity contribution in [1.82, 2.24) is 5.32 Å². The Labute approximate surface area is 329 Å². The summed E-state index contributed by atoms with van der Waals surface area (Å²) >= 11 is 0. The van der Waals surface area contributed by atoms with Gasteiger partial charge in [-0.3, -0.25) is 0 Å². The summed E-state index contributed by atoms with van der Waals surface area (Å²) in [6.45, 7) is 0. The first-order valence-electron chi connectivity index (χ1n) is 20.3. The SMILES string of the molecule is C1=CC2C3=C(C=CCC3)C3C=C(c4ccc(-c5c(C6=NC(c7ccccc7)=NC(c7ccccc7)N6)ccc6c5CCc5ccccc5-6)cc4)C=CC3C2C=C1. The second-order valence-electron chi connectivity index (χ2n) is 15.9. The Morgan fingerprint density at radius 3 is 2.20 bits per heavy atom. The third kappa shape index (κ3) is 5.64. The number of hydrogen-bond acceptors (Lipinski definition) is 3. The van der Waals surface area contributed by atoms with Crippen LogP contribution in [0.4, 0.5) is 0 Å². The van der Waals surface area contributed by atoms with E-state index in [1.54, 1.807) is 11.1 Å². The quantitative estimate of drug-likeness (QED) is 0.193. The molecule has 1 heterocycles. The van der Waals surface area contributed by atoms with Gasteiger partial charge in [-0.25, -0.2) is 9.98 Å². The Kier molecular flexibility index (Phi) is 8.12. The minimum absolute atomic E-state index is 0.260. The maximum Gasteiger partial charge on any atom is 0.159 e. The number of benzene rings is 5. The van der Waals surface area contributed by atoms with E-state index in [1.807, 2.05) is 6.07 Å². The summed E-state index contributed by atoms with van der Waals surface area (Å²) in [7, 11) is 0. The van der Waals surface area contributed by atoms with Gasteiger partial charge in [0.1, 0.15) is 12.0 Å². The van der Waals surface area contributed by atoms with Crippen LogP contribution in [0.2, 0.25) is 0 Å². The maximum atomic E-state index is 5.29. The van der Waals surface area contributed by atoms with Gasteiger partial charge in [0, 0.05) is 23.0 Å². The van der Waals surface area contributed by atoms with E-state index in [2.05, 4.69) is 175 Å². The highest BCUT2D eigenvalue weighted by atomic mass is 15.2. The van der Waals surface area contributed by atoms with Crippen molar-refractivity contribution in [1.29, 1.82) is 0 Å². The summed E-state index contributed by atoms with van der Waals surface area (Å²) in [5.41, 5.74) is 16.9. The molecule has 0 aromatic heterocycles. The van der Waals surface area contributed by atoms with Crippen molar-refractivity contribution < 1.29 is 0 Å². The molecule has 0 saturated carbocycles. The summed E-state index contributed by atoms with van der Waals surface area (Å²) in [5.74, 6) is 3.54. The second kappa shape index (κ2) is 13.8. The molecule has 5 unspecified atom stereocenters. The van der Waals surface area contributed by atoms with E-state index in [1.165, 1.54) is 50.9 Å². The summed E-state index contributed by atoms with van der Waals surface area (Å²) in [5, 5.41) is 3.78. The third-order valence-electron chi connectivity index (χ3n) is 12.8. The lowest BCUT2D eigenvalue weighted by Crippen LogP contribution is -2.35. The predicted octanol–water partition coefficient (Wildman–Crippen LogP) is 11.8. The zero-order chi connectivity index (χ0) is 37.0. The van der Waals surface area contributed by atoms with Gasteiger partial charge >= 0.3 is 0 Å². The van der Waals surface area contributed by atoms with Crippen molar-refractivity contribution in [3.05, 3.63) is 221 Å². The number of fused-ring (bicyclic) bond motifs is 8. The zero-order valence-corrected chi connectivity index (χ0v) is 31.4. The van der Waals surface area contributed by atoms with Crippen molar-refractivity contribution in [3.8, 4) is 22.3 Å². The minimum Gasteiger partial charge on any atom is -0.344 e. The van der Waals surface area contributed by atoms with Crippen molar-refractivity contribution in [3.63, 3.8) is 0 Å². The molecule has 270 valence electrons. The van der Waals surface area contributed by atoms with Crippen molar-refractivity contribution in [2.24, 2.45) is 33.7 Å². The van der Waals surface area contributed by atoms with Crippen LogP contribution in [0.15, 0.2) is 197 Å². The first-order chi connectivity index (χ1) is 27.8. The van der Waals surface area contributed by atoms with E-state index in [4.69, 9.17) is 9.98 Å². The van der Waals surface area contributed by atoms with Gasteiger partial charge < -0.3 is 5.32 Å². The number of rotatable bonds is 5. The number of amidine groups is 2. The van der Waals surface area contributed by atoms with Crippen LogP contribution < -0.4 is 5.32 Å². The Balaban J connectivity index is 1.02. The van der Waals surface area contributed by atoms with Gasteiger partial charge in [-0.15, -0.1) is 0 Å². The monoisotopic (exact) mass is 721 g/mol. The summed E-state index contributed by atoms with van der Waals surface area (Å²) in [6, 6.07) is 43.7. The number of allylic oxidation sites excluding steroid dienone is 12. The van der Waals surface area contributed by atoms with Crippen molar-refractivity contribution in [2.75, 3.05) is 0 Å². The van der Waals surface area contributed by atoms with Crippen LogP contribution in [-0.2, 0) is 12.8 Å². The molecule has 3 heteroatoms. The van der Waals surface area contributed by atoms with Crippen LogP contribution >= 0.6 is 0 Å². The van der Waals surface area contributed by atoms with E-state index in [0.29, 0.717) is 23.7 Å². The van der Waals surface area contributed by atoms with E-state index in [0.717, 1.165) is 47.6 Å². The summed E-state index contributed by atoms with van der Waals surface area (Å²) in [4.78, 5) is 10.4. The Morgan fingerprint density at radius 2 is 1.32 bits per heavy atom. The molecule has 1 aliphatic heterocycles. The Morgan fingerprint density at radius 1 is 0.571 bits per heavy atom. The van der Waals surface area contributed by atoms with Crippen LogP contribution in [0.25, 0.3) is 27.8 Å². The number of hydrogen-bond donors (Lipinski definition) is 1. The lowest BCUT2D eigenvalue weighted by atomic mass is 9.59. The van der Waals surface area contributed by atoms with E-state index in [-0.39, 0.29) is 6.17 Å². The smallest absolute Gasteiger partial charge is 0.159 e. The molecular formula is C53H43N3. The fourth-order valence-corrected chi connectivity index (χ4v) is 10.2. The van der Waals surface area contributed by atoms with Gasteiger partial charge in [0.25, 0.3) is 0 Å². The molecular weight excluding hydrogens is 679 g/mol. The molecule has 0 radical (unpaired) electrons. The van der Waals surface area contributed by atoms with E-state index >= 15 is 0 Å². The second-order valence-corrected chi connectivity index (χ2v) is 15.9. The van der Waals surface area contributed by atoms with Gasteiger partial charge in [0.2, 0.25) is 0 Å². The highest BCUT2D eigenvalue weighted by Gasteiger charge is 2.41. The minimum atomic E-state index is -0.260. The van der Waals surface area contributed by atoms with Gasteiger partial charge in [0.15, 0.2) is 5.84 Å². The molecule has 1 N–H and O–H groups in total. The molecule has 0 saturated heterocycles. The average molecular weight is 722 g/mol. The first-order valence-corrected chi connectivity index (χ1v) is 20.3. The third-order valence-corrected chi connectivity index (χ3v) is 12.8. The first kappa shape index (κ1) is 33.1. The van der Waals surface area contributed by atoms with Crippen molar-refractivity contribution >= 4 is 17.2 Å². The Hall–Kier alpha value is -6.32. The van der Waals surface area contributed by atoms with E-state index in [9.17, 15) is 0 Å². The lowest BCUT2D eigenvalue weighted by Gasteiger charge is -2.44. The molecule has 0 bridgehead atoms. The zero-order valence-electron chi connectivity index (χ0n) is 31.4. The van der Waals surface area contributed by atoms with Crippen LogP contribution in [-0.4, -0.2) is 11.7 Å². The molecule has 5 atom stereocenters. The molecule has 0 spiro atoms. The van der Waals surface area contributed by atoms with Crippen LogP contribution in [0.1, 0.15) is 52.4 Å². The molecule has 6 aliphatic rings. The highest BCUT2D eigenvalue weighted by Crippen LogP contribution is 2.52. The summed E-state index contributed by atoms with van der Waals surface area (Å²) < 4.78 is 0. The highest BCUT2D eigenvalue weighted by molar-refractivity contribution is 6.16. The van der Waals surface area contributed by atoms with Gasteiger partial charge in [0.05, 0.1) is 0 Å². The molecule has 5 aliphatic carbocycles. The lowest BCUT2D eigenvalue weighted by molar-refractivity contribution is 0.317. The van der Waals surface area contributed by atoms with Crippen LogP contribution in [0.5, 0.6) is 0 Å². The molecule has 5 aromatic rings. The molecule has 3 nitrogen and oxygen atoms in total. The molecule has 5 aromatic carbocycles. The fraction of sp³-hybridized carbons (Fsp3) is 0.170. The molecule has 56 heavy (non-hydrogen) atoms. The molecule has 0 fully saturated rings. The normalized spacial score (nSPS) is 24.1. The number of aliphatic imine (C=N–C) groups is 2. The van der Waals surface area contributed by atoms with Crippen LogP contribution in [0, 0.1) is 23.7 Å². The Bertz CT molecular complexity index is 2610. The van der Waals surface area contributed by atoms with Gasteiger partial charge in [-0.1, -0.05) is 182 Å². The number of aryl methyl sites for hydroxylation is 1. The molecule has 0 amide bonds. The number of nitrogens with zero attached hydrogens (tertiary/aromatic N) is 2. The van der Waals surface area contributed by atoms with Crippen molar-refractivity contribution in [2.45, 2.75) is 31.8 Å². The largest absolute Gasteiger partial charge is 0.344 e. The fourth-order valence-electron chi connectivity index (χ4n) is 10.2. The van der Waals surface area contributed by atoms with E-state index < -0.39 is 0 Å². The summed E-state index contributed by atoms with van der Waals surface area (Å²) in [6.07, 6.45) is 25.8. The maximum absolute atomic E-state index is 5.29. The standard InChI is InChI=1S/C53H43N3/c1-3-14-37(15-4-1)51-54-52(38-16-5-2-6-17-38)56-53(55-51)48-32-31-45-40-18-8-7-13-35(40)27-30-47(45)50(48)36-25-23-34(24-26-36)39-28-29-46-43-21-10-9-19-41(43)42-20-11-12-22-44(42)49(46)33-39/h1-10,12-19,21-26,28-29,31-33,41,43,46,49,51H,11,20,27,30H2,(H,54,55,56). The average Bonchev–Trinajstić information content (AvgIpc) is 3.29. The van der Waals surface area contributed by atoms with Gasteiger partial charge in [-0.2, -0.15) is 0 Å². The van der Waals surface area contributed by atoms with Gasteiger partial charge in [-0.05, 0) is 93.2 Å². The predicted molar refractivity (Wildman–Crippen MR) is 231 cm³/mol. The molecule has 11 rings (SSSR count). The topological polar surface area (TPSA) is 36.8 Å². The number of nitrogens with one attached hydrogen (secondary N) is 1. The van der Waals surface area contributed by atoms with Crippen LogP contribution in [0.3, 0.4) is 0 Å².